The maximum atomic E-state index is 12.0. The van der Waals surface area contributed by atoms with Gasteiger partial charge in [-0.05, 0) is 26.6 Å². The van der Waals surface area contributed by atoms with Crippen LogP contribution in [0, 0.1) is 15.5 Å². The van der Waals surface area contributed by atoms with Crippen LogP contribution in [0.3, 0.4) is 0 Å². The fourth-order valence-corrected chi connectivity index (χ4v) is 6.57. The fraction of sp³-hybridized carbons (Fsp3) is 0.762. The Morgan fingerprint density at radius 1 is 1.31 bits per heavy atom. The lowest BCUT2D eigenvalue weighted by molar-refractivity contribution is -0.380. The first-order valence-corrected chi connectivity index (χ1v) is 12.6. The maximum absolute atomic E-state index is 12.0. The molecule has 2 saturated heterocycles. The first-order chi connectivity index (χ1) is 14.8. The molecule has 3 atom stereocenters. The lowest BCUT2D eigenvalue weighted by Crippen LogP contribution is -2.43. The lowest BCUT2D eigenvalue weighted by Gasteiger charge is -2.33. The average molecular weight is 491 g/mol. The molecule has 1 saturated carbocycles. The summed E-state index contributed by atoms with van der Waals surface area (Å²) in [4.78, 5) is 23.7. The molecule has 0 aromatic carbocycles. The van der Waals surface area contributed by atoms with Crippen LogP contribution >= 0.6 is 11.3 Å². The molecule has 2 aliphatic heterocycles. The number of carbonyl (C=O) groups excluding carboxylic acids is 1. The highest BCUT2D eigenvalue weighted by atomic mass is 32.2. The van der Waals surface area contributed by atoms with Crippen molar-refractivity contribution in [1.82, 2.24) is 14.5 Å². The van der Waals surface area contributed by atoms with Crippen LogP contribution < -0.4 is 5.32 Å². The van der Waals surface area contributed by atoms with Crippen molar-refractivity contribution in [3.63, 3.8) is 0 Å². The zero-order valence-corrected chi connectivity index (χ0v) is 20.4. The molecule has 3 unspecified atom stereocenters. The predicted molar refractivity (Wildman–Crippen MR) is 129 cm³/mol. The van der Waals surface area contributed by atoms with E-state index in [-0.39, 0.29) is 17.8 Å². The fourth-order valence-electron chi connectivity index (χ4n) is 4.21. The number of nitrogens with one attached hydrogen (secondary N) is 1. The molecule has 3 aliphatic rings. The van der Waals surface area contributed by atoms with Gasteiger partial charge in [-0.1, -0.05) is 32.6 Å². The van der Waals surface area contributed by atoms with E-state index < -0.39 is 15.9 Å². The molecule has 11 heteroatoms. The van der Waals surface area contributed by atoms with Crippen molar-refractivity contribution in [3.05, 3.63) is 22.2 Å². The summed E-state index contributed by atoms with van der Waals surface area (Å²) in [6.45, 7) is 8.63. The number of carbonyl (C=O) groups is 1. The molecule has 1 N–H and O–H groups in total. The van der Waals surface area contributed by atoms with Crippen LogP contribution in [0.2, 0.25) is 0 Å². The largest absolute Gasteiger partial charge is 0.381 e. The van der Waals surface area contributed by atoms with Crippen molar-refractivity contribution in [2.75, 3.05) is 53.5 Å². The minimum Gasteiger partial charge on any atom is -0.381 e. The summed E-state index contributed by atoms with van der Waals surface area (Å²) in [7, 11) is 2.86. The smallest absolute Gasteiger partial charge is 0.325 e. The second kappa shape index (κ2) is 13.5. The van der Waals surface area contributed by atoms with E-state index in [9.17, 15) is 19.1 Å². The van der Waals surface area contributed by atoms with Gasteiger partial charge < -0.3 is 15.0 Å². The number of ether oxygens (including phenoxy) is 1. The van der Waals surface area contributed by atoms with E-state index in [1.54, 1.807) is 6.07 Å². The molecule has 32 heavy (non-hydrogen) atoms. The summed E-state index contributed by atoms with van der Waals surface area (Å²) in [5, 5.41) is 13.7. The van der Waals surface area contributed by atoms with Gasteiger partial charge in [-0.3, -0.25) is 14.9 Å². The van der Waals surface area contributed by atoms with Crippen molar-refractivity contribution >= 4 is 33.1 Å². The van der Waals surface area contributed by atoms with Gasteiger partial charge in [0.05, 0.1) is 11.5 Å². The second-order valence-electron chi connectivity index (χ2n) is 7.84. The molecule has 1 aliphatic carbocycles. The van der Waals surface area contributed by atoms with Crippen LogP contribution in [0.5, 0.6) is 0 Å². The van der Waals surface area contributed by atoms with Crippen LogP contribution in [0.15, 0.2) is 16.3 Å². The lowest BCUT2D eigenvalue weighted by atomic mass is 9.81. The molecule has 1 aromatic heterocycles. The molecule has 184 valence electrons. The number of ketones is 1. The number of piperazine rings is 1. The number of nitro groups is 1. The highest BCUT2D eigenvalue weighted by Crippen LogP contribution is 2.44. The number of rotatable bonds is 4. The molecule has 1 aromatic rings. The number of hydrogen-bond acceptors (Lipinski definition) is 8. The van der Waals surface area contributed by atoms with Crippen molar-refractivity contribution in [1.29, 1.82) is 0 Å². The third-order valence-corrected chi connectivity index (χ3v) is 8.49. The number of Topliss-reactive ketones (excluding diaryl/α,β-unsaturated/α-hetero) is 1. The van der Waals surface area contributed by atoms with Gasteiger partial charge in [-0.2, -0.15) is 0 Å². The quantitative estimate of drug-likeness (QED) is 0.511. The van der Waals surface area contributed by atoms with E-state index in [0.29, 0.717) is 29.1 Å². The van der Waals surface area contributed by atoms with Crippen molar-refractivity contribution in [3.8, 4) is 0 Å². The highest BCUT2D eigenvalue weighted by Gasteiger charge is 2.50. The third kappa shape index (κ3) is 7.13. The first-order valence-electron chi connectivity index (χ1n) is 10.7. The summed E-state index contributed by atoms with van der Waals surface area (Å²) in [6, 6.07) is 3.38. The van der Waals surface area contributed by atoms with Crippen molar-refractivity contribution in [2.24, 2.45) is 5.41 Å². The van der Waals surface area contributed by atoms with E-state index >= 15 is 0 Å². The number of thiophene rings is 1. The molecule has 3 heterocycles. The standard InChI is InChI=1S/C10H17NO2.C8H11N3O3S2.C2H6.CH4/c1-11(2)9-5-8(12)6-10(9)3-4-13-7-10;12-11(13)7-1-2-8(15-7)16(14)10-5-3-9-4-6-10;1-2;/h9H,3-7H2,1-2H3;1-2,9H,3-6H2;1-2H3;1H4. The maximum Gasteiger partial charge on any atom is 0.325 e. The van der Waals surface area contributed by atoms with Gasteiger partial charge in [0.15, 0.2) is 0 Å². The van der Waals surface area contributed by atoms with Crippen LogP contribution in [0.4, 0.5) is 5.00 Å². The van der Waals surface area contributed by atoms with E-state index in [1.807, 2.05) is 18.2 Å². The SMILES string of the molecule is C.CC.CN(C)C1CC(=O)CC12CCOC2.O=[N+]([O-])c1ccc(S(=O)N2CCNCC2)s1. The summed E-state index contributed by atoms with van der Waals surface area (Å²) in [5.74, 6) is 0.407. The molecule has 4 rings (SSSR count). The molecule has 9 nitrogen and oxygen atoms in total. The second-order valence-corrected chi connectivity index (χ2v) is 10.6. The summed E-state index contributed by atoms with van der Waals surface area (Å²) in [5.41, 5.74) is 0.153. The van der Waals surface area contributed by atoms with Gasteiger partial charge >= 0.3 is 5.00 Å². The molecule has 0 amide bonds. The van der Waals surface area contributed by atoms with Crippen LogP contribution in [-0.4, -0.2) is 83.7 Å². The zero-order chi connectivity index (χ0) is 23.0. The minimum absolute atomic E-state index is 0. The molecular weight excluding hydrogens is 452 g/mol. The third-order valence-electron chi connectivity index (χ3n) is 5.66. The van der Waals surface area contributed by atoms with E-state index in [1.165, 1.54) is 6.07 Å². The summed E-state index contributed by atoms with van der Waals surface area (Å²) >= 11 is 0.981. The summed E-state index contributed by atoms with van der Waals surface area (Å²) < 4.78 is 19.8. The van der Waals surface area contributed by atoms with Gasteiger partial charge in [0.2, 0.25) is 0 Å². The van der Waals surface area contributed by atoms with Crippen LogP contribution in [-0.2, 0) is 20.5 Å². The van der Waals surface area contributed by atoms with Gasteiger partial charge in [0.25, 0.3) is 0 Å². The number of hydrogen-bond donors (Lipinski definition) is 1. The van der Waals surface area contributed by atoms with E-state index in [0.717, 1.165) is 56.9 Å². The topological polar surface area (TPSA) is 105 Å². The van der Waals surface area contributed by atoms with Gasteiger partial charge in [-0.25, -0.2) is 8.51 Å². The Kier molecular flexibility index (Phi) is 12.1. The normalized spacial score (nSPS) is 26.0. The van der Waals surface area contributed by atoms with Crippen molar-refractivity contribution < 1.29 is 18.7 Å². The Balaban J connectivity index is 0.000000293. The molecule has 1 spiro atoms. The Hall–Kier alpha value is -1.24. The number of nitrogens with zero attached hydrogens (tertiary/aromatic N) is 3. The zero-order valence-electron chi connectivity index (χ0n) is 18.8. The van der Waals surface area contributed by atoms with Gasteiger partial charge in [0, 0.05) is 63.2 Å². The average Bonchev–Trinajstić information content (AvgIpc) is 3.51. The summed E-state index contributed by atoms with van der Waals surface area (Å²) in [6.07, 6.45) is 2.51. The highest BCUT2D eigenvalue weighted by molar-refractivity contribution is 7.85. The van der Waals surface area contributed by atoms with E-state index in [2.05, 4.69) is 24.3 Å². The molecular formula is C21H38N4O5S2. The molecule has 0 radical (unpaired) electrons. The minimum atomic E-state index is -1.26. The molecule has 3 fully saturated rings. The Morgan fingerprint density at radius 2 is 1.97 bits per heavy atom. The van der Waals surface area contributed by atoms with Crippen LogP contribution in [0.25, 0.3) is 0 Å². The molecule has 0 bridgehead atoms. The van der Waals surface area contributed by atoms with Gasteiger partial charge in [-0.15, -0.1) is 0 Å². The Bertz CT molecular complexity index is 759. The van der Waals surface area contributed by atoms with Crippen molar-refractivity contribution in [2.45, 2.75) is 50.8 Å². The monoisotopic (exact) mass is 490 g/mol. The van der Waals surface area contributed by atoms with E-state index in [4.69, 9.17) is 4.74 Å². The first kappa shape index (κ1) is 28.8. The Morgan fingerprint density at radius 3 is 2.47 bits per heavy atom. The predicted octanol–water partition coefficient (Wildman–Crippen LogP) is 2.93. The Labute approximate surface area is 198 Å². The van der Waals surface area contributed by atoms with Gasteiger partial charge in [0.1, 0.15) is 21.0 Å². The van der Waals surface area contributed by atoms with Crippen LogP contribution in [0.1, 0.15) is 40.5 Å².